The minimum atomic E-state index is -6.21. The van der Waals surface area contributed by atoms with Gasteiger partial charge in [0.15, 0.2) is 0 Å². The van der Waals surface area contributed by atoms with Crippen molar-refractivity contribution in [1.82, 2.24) is 10.5 Å². The molecule has 4 aromatic rings. The van der Waals surface area contributed by atoms with Gasteiger partial charge in [0.05, 0.1) is 0 Å². The van der Waals surface area contributed by atoms with Gasteiger partial charge in [-0.05, 0) is 0 Å². The maximum atomic E-state index is 13.9. The molecule has 0 radical (unpaired) electrons. The zero-order chi connectivity index (χ0) is 42.9. The average molecular weight is 1010 g/mol. The third kappa shape index (κ3) is 9.28. The van der Waals surface area contributed by atoms with Gasteiger partial charge >= 0.3 is 372 Å². The Morgan fingerprint density at radius 2 is 0.883 bits per heavy atom. The first-order valence-electron chi connectivity index (χ1n) is 23.0. The van der Waals surface area contributed by atoms with Gasteiger partial charge in [-0.3, -0.25) is 0 Å². The van der Waals surface area contributed by atoms with Crippen molar-refractivity contribution in [3.8, 4) is 22.3 Å². The molecule has 2 amide bonds. The van der Waals surface area contributed by atoms with Crippen molar-refractivity contribution in [2.45, 2.75) is 139 Å². The van der Waals surface area contributed by atoms with E-state index in [0.717, 1.165) is 88.2 Å². The number of amides is 2. The summed E-state index contributed by atoms with van der Waals surface area (Å²) in [6, 6.07) is 30.9. The molecule has 4 aromatic carbocycles. The molecule has 0 aliphatic heterocycles. The monoisotopic (exact) mass is 1010 g/mol. The zero-order valence-corrected chi connectivity index (χ0v) is 42.0. The number of carbonyl (C=O) groups excluding carboxylic acids is 2. The van der Waals surface area contributed by atoms with Crippen LogP contribution in [0.5, 0.6) is 0 Å². The van der Waals surface area contributed by atoms with E-state index < -0.39 is 20.5 Å². The van der Waals surface area contributed by atoms with E-state index in [1.165, 1.54) is 55.7 Å². The molecule has 60 heavy (non-hydrogen) atoms. The molecule has 2 aliphatic carbocycles. The van der Waals surface area contributed by atoms with Crippen molar-refractivity contribution in [1.29, 1.82) is 0 Å². The SMILES string of the molecule is CCCCC1=Cc2c(-c3ccccc3CCCC)cccc2[CH]1[Hf]([Cl])([Cl])([B](NC(=O)CC)NC(=O)CC)[CH]1C(CCCC)=Cc2c(-c3ccccc3CCCC)cccc21. The minimum absolute atomic E-state index is 0.174. The van der Waals surface area contributed by atoms with Crippen LogP contribution in [0.4, 0.5) is 0 Å². The fraction of sp³-hybridized carbons (Fsp3) is 0.423. The maximum absolute atomic E-state index is 13.9. The van der Waals surface area contributed by atoms with Crippen LogP contribution in [-0.2, 0) is 38.3 Å². The third-order valence-electron chi connectivity index (χ3n) is 13.1. The molecule has 0 heterocycles. The standard InChI is InChI=1S/2C23H27.C6H11BN2O2.2ClH.Hf/c2*1-3-5-10-18-16-20-13-9-15-22(23(20)17-18)21-14-8-7-12-19(21)11-6-4-2;1-3-5(10)8-7-9-6(11)4-2;;;/h2*7-9,12-17H,3-6,10-11H2,1-2H3;3-4H2,1-2H3,(H-,8,9,10,11);2*1H;/q;;;;;+1/p-1. The molecule has 317 valence electrons. The van der Waals surface area contributed by atoms with Crippen LogP contribution in [0.25, 0.3) is 34.4 Å². The van der Waals surface area contributed by atoms with E-state index in [4.69, 9.17) is 17.2 Å². The predicted molar refractivity (Wildman–Crippen MR) is 256 cm³/mol. The fourth-order valence-corrected chi connectivity index (χ4v) is 39.7. The van der Waals surface area contributed by atoms with Gasteiger partial charge < -0.3 is 0 Å². The second kappa shape index (κ2) is 20.8. The number of carbonyl (C=O) groups is 2. The quantitative estimate of drug-likeness (QED) is 0.0817. The molecule has 6 rings (SSSR count). The molecule has 2 N–H and O–H groups in total. The van der Waals surface area contributed by atoms with Crippen LogP contribution < -0.4 is 10.5 Å². The Hall–Kier alpha value is -3.18. The van der Waals surface area contributed by atoms with Gasteiger partial charge in [-0.15, -0.1) is 0 Å². The summed E-state index contributed by atoms with van der Waals surface area (Å²) in [6.45, 7) is 12.6. The van der Waals surface area contributed by atoms with Gasteiger partial charge in [0.1, 0.15) is 0 Å². The van der Waals surface area contributed by atoms with E-state index in [1.54, 1.807) is 0 Å². The third-order valence-corrected chi connectivity index (χ3v) is 41.6. The zero-order valence-electron chi connectivity index (χ0n) is 36.9. The molecular weight excluding hydrogens is 945 g/mol. The summed E-state index contributed by atoms with van der Waals surface area (Å²) in [7, 11) is 18.1. The first-order valence-corrected chi connectivity index (χ1v) is 38.2. The van der Waals surface area contributed by atoms with E-state index in [-0.39, 0.29) is 32.0 Å². The molecule has 0 aromatic heterocycles. The summed E-state index contributed by atoms with van der Waals surface area (Å²) in [5, 5.41) is 6.69. The van der Waals surface area contributed by atoms with Gasteiger partial charge in [0.25, 0.3) is 0 Å². The number of nitrogens with one attached hydrogen (secondary N) is 2. The van der Waals surface area contributed by atoms with Crippen LogP contribution in [0, 0.1) is 0 Å². The van der Waals surface area contributed by atoms with Crippen molar-refractivity contribution >= 4 is 45.7 Å². The van der Waals surface area contributed by atoms with E-state index >= 15 is 0 Å². The summed E-state index contributed by atoms with van der Waals surface area (Å²) in [5.74, 6) is -0.347. The Kier molecular flexibility index (Phi) is 16.1. The number of allylic oxidation sites excluding steroid dienone is 2. The number of fused-ring (bicyclic) bond motifs is 2. The number of rotatable bonds is 21. The van der Waals surface area contributed by atoms with Crippen LogP contribution >= 0.6 is 17.2 Å². The van der Waals surface area contributed by atoms with Crippen LogP contribution in [0.3, 0.4) is 0 Å². The Morgan fingerprint density at radius 3 is 1.27 bits per heavy atom. The summed E-state index contributed by atoms with van der Waals surface area (Å²) < 4.78 is -1.65. The second-order valence-corrected chi connectivity index (χ2v) is 47.6. The van der Waals surface area contributed by atoms with Gasteiger partial charge in [-0.1, -0.05) is 0 Å². The Labute approximate surface area is 369 Å². The van der Waals surface area contributed by atoms with Gasteiger partial charge in [-0.2, -0.15) is 0 Å². The molecular formula is C52H66BCl2HfN2O2. The summed E-state index contributed by atoms with van der Waals surface area (Å²) >= 11 is -6.21. The van der Waals surface area contributed by atoms with E-state index in [2.05, 4.69) is 135 Å². The first kappa shape index (κ1) is 46.3. The average Bonchev–Trinajstić information content (AvgIpc) is 3.86. The Morgan fingerprint density at radius 1 is 0.517 bits per heavy atom. The first-order chi connectivity index (χ1) is 29.0. The molecule has 0 fully saturated rings. The van der Waals surface area contributed by atoms with Crippen LogP contribution in [0.1, 0.15) is 159 Å². The summed E-state index contributed by atoms with van der Waals surface area (Å²) in [4.78, 5) is 27.7. The molecule has 0 saturated carbocycles. The number of unbranched alkanes of at least 4 members (excludes halogenated alkanes) is 4. The van der Waals surface area contributed by atoms with Crippen molar-refractivity contribution in [2.24, 2.45) is 0 Å². The van der Waals surface area contributed by atoms with Crippen molar-refractivity contribution in [2.75, 3.05) is 0 Å². The molecule has 2 aliphatic rings. The number of halogens is 2. The van der Waals surface area contributed by atoms with E-state index in [9.17, 15) is 9.59 Å². The number of hydrogen-bond acceptors (Lipinski definition) is 2. The van der Waals surface area contributed by atoms with Gasteiger partial charge in [-0.25, -0.2) is 0 Å². The molecule has 8 heteroatoms. The topological polar surface area (TPSA) is 58.2 Å². The Balaban J connectivity index is 1.69. The van der Waals surface area contributed by atoms with Crippen LogP contribution in [0.15, 0.2) is 96.1 Å². The van der Waals surface area contributed by atoms with Crippen molar-refractivity contribution < 1.29 is 25.5 Å². The van der Waals surface area contributed by atoms with Crippen LogP contribution in [-0.4, -0.2) is 16.4 Å². The number of benzene rings is 4. The summed E-state index contributed by atoms with van der Waals surface area (Å²) in [6.07, 6.45) is 17.4. The Bertz CT molecular complexity index is 2080. The molecule has 0 bridgehead atoms. The molecule has 0 saturated heterocycles. The predicted octanol–water partition coefficient (Wildman–Crippen LogP) is 14.7. The summed E-state index contributed by atoms with van der Waals surface area (Å²) in [5.41, 5.74) is 14.6. The van der Waals surface area contributed by atoms with Crippen LogP contribution in [0.2, 0.25) is 0 Å². The van der Waals surface area contributed by atoms with E-state index in [0.29, 0.717) is 0 Å². The number of aryl methyl sites for hydroxylation is 2. The molecule has 4 nitrogen and oxygen atoms in total. The molecule has 0 spiro atoms. The molecule has 2 atom stereocenters. The molecule has 2 unspecified atom stereocenters. The van der Waals surface area contributed by atoms with Crippen molar-refractivity contribution in [3.63, 3.8) is 0 Å². The normalized spacial score (nSPS) is 16.3. The van der Waals surface area contributed by atoms with Gasteiger partial charge in [0, 0.05) is 0 Å². The van der Waals surface area contributed by atoms with Crippen molar-refractivity contribution in [3.05, 3.63) is 129 Å². The second-order valence-electron chi connectivity index (χ2n) is 17.2. The number of hydrogen-bond donors (Lipinski definition) is 2. The van der Waals surface area contributed by atoms with Gasteiger partial charge in [0.2, 0.25) is 0 Å². The fourth-order valence-electron chi connectivity index (χ4n) is 9.97. The van der Waals surface area contributed by atoms with E-state index in [1.807, 2.05) is 13.8 Å².